The monoisotopic (exact) mass is 454 g/mol. The molecule has 32 heavy (non-hydrogen) atoms. The van der Waals surface area contributed by atoms with E-state index in [2.05, 4.69) is 23.8 Å². The number of unbranched alkanes of at least 4 members (excludes halogenated alkanes) is 2. The minimum absolute atomic E-state index is 0. The number of amides is 2. The van der Waals surface area contributed by atoms with Crippen LogP contribution in [0.1, 0.15) is 31.2 Å². The van der Waals surface area contributed by atoms with Gasteiger partial charge in [-0.05, 0) is 55.5 Å². The molecule has 1 atom stereocenters. The zero-order chi connectivity index (χ0) is 22.9. The third-order valence-electron chi connectivity index (χ3n) is 4.31. The van der Waals surface area contributed by atoms with Gasteiger partial charge in [0.2, 0.25) is 11.8 Å². The van der Waals surface area contributed by atoms with Crippen LogP contribution in [0.5, 0.6) is 5.75 Å². The van der Waals surface area contributed by atoms with Crippen LogP contribution in [0.4, 0.5) is 0 Å². The summed E-state index contributed by atoms with van der Waals surface area (Å²) in [4.78, 5) is 33.4. The summed E-state index contributed by atoms with van der Waals surface area (Å²) in [7, 11) is 0. The normalized spacial score (nSPS) is 10.9. The zero-order valence-electron chi connectivity index (χ0n) is 18.8. The van der Waals surface area contributed by atoms with Gasteiger partial charge in [-0.25, -0.2) is 0 Å². The Morgan fingerprint density at radius 1 is 0.906 bits per heavy atom. The molecule has 170 valence electrons. The summed E-state index contributed by atoms with van der Waals surface area (Å²) in [6.45, 7) is 8.58. The molecule has 0 saturated heterocycles. The first-order valence-corrected chi connectivity index (χ1v) is 10.3. The number of carbonyl (C=O) groups excluding carboxylic acids is 3. The maximum atomic E-state index is 11.3. The van der Waals surface area contributed by atoms with E-state index in [-0.39, 0.29) is 54.4 Å². The van der Waals surface area contributed by atoms with E-state index >= 15 is 0 Å². The number of aliphatic carboxylic acids is 1. The largest absolute Gasteiger partial charge is 1.00 e. The van der Waals surface area contributed by atoms with E-state index in [9.17, 15) is 19.5 Å². The Bertz CT molecular complexity index is 724. The molecule has 1 aromatic rings. The van der Waals surface area contributed by atoms with E-state index in [4.69, 9.17) is 9.47 Å². The number of carbonyl (C=O) groups is 3. The summed E-state index contributed by atoms with van der Waals surface area (Å²) >= 11 is 0. The van der Waals surface area contributed by atoms with Gasteiger partial charge < -0.3 is 30.0 Å². The first-order valence-electron chi connectivity index (χ1n) is 10.3. The fourth-order valence-corrected chi connectivity index (χ4v) is 2.58. The molecule has 2 N–H and O–H groups in total. The Balaban J connectivity index is 0.00000961. The van der Waals surface area contributed by atoms with E-state index in [0.29, 0.717) is 38.3 Å². The van der Waals surface area contributed by atoms with Crippen LogP contribution in [-0.2, 0) is 25.5 Å². The summed E-state index contributed by atoms with van der Waals surface area (Å²) < 4.78 is 11.1. The minimum Gasteiger partial charge on any atom is -0.547 e. The summed E-state index contributed by atoms with van der Waals surface area (Å²) in [5.74, 6) is -1.000. The van der Waals surface area contributed by atoms with Gasteiger partial charge in [0.05, 0.1) is 12.6 Å². The first-order chi connectivity index (χ1) is 15.0. The molecule has 0 aromatic heterocycles. The second-order valence-corrected chi connectivity index (χ2v) is 6.78. The second kappa shape index (κ2) is 18.4. The average Bonchev–Trinajstić information content (AvgIpc) is 2.77. The van der Waals surface area contributed by atoms with Gasteiger partial charge in [-0.15, -0.1) is 0 Å². The molecule has 2 amide bonds. The molecule has 0 fully saturated rings. The van der Waals surface area contributed by atoms with E-state index in [1.807, 2.05) is 0 Å². The molecule has 9 heteroatoms. The smallest absolute Gasteiger partial charge is 0.547 e. The number of carboxylic acid groups (broad SMARTS) is 1. The van der Waals surface area contributed by atoms with Crippen LogP contribution in [0, 0.1) is 0 Å². The molecule has 0 aliphatic heterocycles. The maximum Gasteiger partial charge on any atom is 1.00 e. The van der Waals surface area contributed by atoms with Crippen LogP contribution < -0.4 is 50.0 Å². The van der Waals surface area contributed by atoms with Gasteiger partial charge in [-0.2, -0.15) is 0 Å². The minimum atomic E-state index is -1.26. The number of benzene rings is 1. The number of carboxylic acids is 1. The van der Waals surface area contributed by atoms with Gasteiger partial charge >= 0.3 is 29.6 Å². The van der Waals surface area contributed by atoms with Gasteiger partial charge in [0, 0.05) is 26.1 Å². The van der Waals surface area contributed by atoms with Crippen molar-refractivity contribution in [1.29, 1.82) is 0 Å². The molecule has 1 aromatic carbocycles. The molecular weight excluding hydrogens is 423 g/mol. The molecule has 8 nitrogen and oxygen atoms in total. The number of hydrogen-bond acceptors (Lipinski definition) is 6. The SMILES string of the molecule is C=CC(=O)NCCCCOc1ccc(CC(OCCCCNC(=O)C=C)C(=O)[O-])cc1.[Na+]. The van der Waals surface area contributed by atoms with Crippen molar-refractivity contribution in [2.45, 2.75) is 38.2 Å². The van der Waals surface area contributed by atoms with E-state index in [0.717, 1.165) is 18.4 Å². The van der Waals surface area contributed by atoms with Gasteiger partial charge in [-0.1, -0.05) is 25.3 Å². The van der Waals surface area contributed by atoms with Crippen LogP contribution in [-0.4, -0.2) is 50.2 Å². The van der Waals surface area contributed by atoms with Gasteiger partial charge in [0.15, 0.2) is 0 Å². The fraction of sp³-hybridized carbons (Fsp3) is 0.435. The molecule has 0 radical (unpaired) electrons. The van der Waals surface area contributed by atoms with E-state index in [1.54, 1.807) is 24.3 Å². The van der Waals surface area contributed by atoms with Gasteiger partial charge in [0.1, 0.15) is 11.9 Å². The third kappa shape index (κ3) is 14.0. The Morgan fingerprint density at radius 2 is 1.44 bits per heavy atom. The molecule has 1 rings (SSSR count). The standard InChI is InChI=1S/C23H32N2O6.Na/c1-3-21(26)24-13-5-7-15-30-19-11-9-18(10-12-19)17-20(23(28)29)31-16-8-6-14-25-22(27)4-2;/h3-4,9-12,20H,1-2,5-8,13-17H2,(H,24,26)(H,25,27)(H,28,29);/q;+1/p-1. The van der Waals surface area contributed by atoms with Crippen molar-refractivity contribution in [3.63, 3.8) is 0 Å². The van der Waals surface area contributed by atoms with Crippen LogP contribution in [0.3, 0.4) is 0 Å². The van der Waals surface area contributed by atoms with Crippen LogP contribution >= 0.6 is 0 Å². The van der Waals surface area contributed by atoms with Crippen LogP contribution in [0.15, 0.2) is 49.6 Å². The zero-order valence-corrected chi connectivity index (χ0v) is 20.8. The van der Waals surface area contributed by atoms with Crippen LogP contribution in [0.25, 0.3) is 0 Å². The molecule has 0 aliphatic carbocycles. The topological polar surface area (TPSA) is 117 Å². The Hall–Kier alpha value is -2.13. The quantitative estimate of drug-likeness (QED) is 0.158. The first kappa shape index (κ1) is 29.9. The molecule has 0 heterocycles. The van der Waals surface area contributed by atoms with Gasteiger partial charge in [-0.3, -0.25) is 9.59 Å². The Kier molecular flexibility index (Phi) is 17.2. The second-order valence-electron chi connectivity index (χ2n) is 6.78. The number of nitrogens with one attached hydrogen (secondary N) is 2. The van der Waals surface area contributed by atoms with Crippen molar-refractivity contribution < 1.29 is 58.5 Å². The van der Waals surface area contributed by atoms with Gasteiger partial charge in [0.25, 0.3) is 0 Å². The predicted molar refractivity (Wildman–Crippen MR) is 115 cm³/mol. The Labute approximate surface area is 211 Å². The summed E-state index contributed by atoms with van der Waals surface area (Å²) in [5.41, 5.74) is 0.798. The molecule has 0 bridgehead atoms. The van der Waals surface area contributed by atoms with E-state index < -0.39 is 12.1 Å². The number of ether oxygens (including phenoxy) is 2. The maximum absolute atomic E-state index is 11.3. The summed E-state index contributed by atoms with van der Waals surface area (Å²) in [6.07, 6.45) is 4.46. The number of rotatable bonds is 17. The van der Waals surface area contributed by atoms with Crippen LogP contribution in [0.2, 0.25) is 0 Å². The molecule has 0 spiro atoms. The van der Waals surface area contributed by atoms with E-state index in [1.165, 1.54) is 12.2 Å². The number of hydrogen-bond donors (Lipinski definition) is 2. The Morgan fingerprint density at radius 3 is 1.94 bits per heavy atom. The summed E-state index contributed by atoms with van der Waals surface area (Å²) in [5, 5.41) is 16.7. The molecular formula is C23H31N2NaO6. The van der Waals surface area contributed by atoms with Crippen molar-refractivity contribution >= 4 is 17.8 Å². The molecule has 1 unspecified atom stereocenters. The average molecular weight is 454 g/mol. The van der Waals surface area contributed by atoms with Crippen molar-refractivity contribution in [3.8, 4) is 5.75 Å². The molecule has 0 saturated carbocycles. The third-order valence-corrected chi connectivity index (χ3v) is 4.31. The summed E-state index contributed by atoms with van der Waals surface area (Å²) in [6, 6.07) is 7.15. The van der Waals surface area contributed by atoms with Crippen molar-refractivity contribution in [1.82, 2.24) is 10.6 Å². The van der Waals surface area contributed by atoms with Crippen molar-refractivity contribution in [2.75, 3.05) is 26.3 Å². The predicted octanol–water partition coefficient (Wildman–Crippen LogP) is -2.09. The molecule has 0 aliphatic rings. The van der Waals surface area contributed by atoms with Crippen molar-refractivity contribution in [3.05, 3.63) is 55.1 Å². The van der Waals surface area contributed by atoms with Crippen molar-refractivity contribution in [2.24, 2.45) is 0 Å². The fourth-order valence-electron chi connectivity index (χ4n) is 2.58.